The summed E-state index contributed by atoms with van der Waals surface area (Å²) in [6.07, 6.45) is 2.80. The Morgan fingerprint density at radius 3 is 2.88 bits per heavy atom. The Hall–Kier alpha value is -2.87. The summed E-state index contributed by atoms with van der Waals surface area (Å²) in [6.45, 7) is 1.58. The number of rotatable bonds is 5. The summed E-state index contributed by atoms with van der Waals surface area (Å²) in [7, 11) is 2.02. The first-order chi connectivity index (χ1) is 12.2. The van der Waals surface area contributed by atoms with Crippen molar-refractivity contribution in [1.82, 2.24) is 9.88 Å². The SMILES string of the molecule is CN1CC(C(=O)N(CCC#N)Cc2ccccn2)Cc2ccccc21. The van der Waals surface area contributed by atoms with Gasteiger partial charge in [-0.2, -0.15) is 5.26 Å². The minimum absolute atomic E-state index is 0.0951. The summed E-state index contributed by atoms with van der Waals surface area (Å²) in [5.41, 5.74) is 3.24. The number of amides is 1. The Balaban J connectivity index is 1.77. The molecule has 2 aromatic rings. The molecule has 1 aromatic heterocycles. The largest absolute Gasteiger partial charge is 0.374 e. The van der Waals surface area contributed by atoms with Gasteiger partial charge >= 0.3 is 0 Å². The van der Waals surface area contributed by atoms with Gasteiger partial charge in [-0.25, -0.2) is 0 Å². The molecule has 0 saturated heterocycles. The number of nitriles is 1. The standard InChI is InChI=1S/C20H22N4O/c1-23-14-17(13-16-7-2-3-9-19(16)23)20(25)24(12-6-10-21)15-18-8-4-5-11-22-18/h2-5,7-9,11,17H,6,12-15H2,1H3. The maximum Gasteiger partial charge on any atom is 0.228 e. The van der Waals surface area contributed by atoms with E-state index in [0.29, 0.717) is 26.1 Å². The van der Waals surface area contributed by atoms with Crippen LogP contribution < -0.4 is 4.90 Å². The van der Waals surface area contributed by atoms with E-state index < -0.39 is 0 Å². The van der Waals surface area contributed by atoms with Crippen molar-refractivity contribution < 1.29 is 4.79 Å². The highest BCUT2D eigenvalue weighted by molar-refractivity contribution is 5.81. The van der Waals surface area contributed by atoms with Crippen LogP contribution in [0, 0.1) is 17.2 Å². The monoisotopic (exact) mass is 334 g/mol. The molecule has 0 spiro atoms. The Bertz CT molecular complexity index is 769. The number of carbonyl (C=O) groups is 1. The first kappa shape index (κ1) is 17.0. The fourth-order valence-corrected chi connectivity index (χ4v) is 3.38. The molecule has 1 amide bonds. The number of benzene rings is 1. The predicted octanol–water partition coefficient (Wildman–Crippen LogP) is 2.63. The van der Waals surface area contributed by atoms with Crippen LogP contribution in [-0.2, 0) is 17.8 Å². The van der Waals surface area contributed by atoms with Crippen LogP contribution in [0.25, 0.3) is 0 Å². The van der Waals surface area contributed by atoms with Crippen LogP contribution in [0.3, 0.4) is 0 Å². The number of anilines is 1. The topological polar surface area (TPSA) is 60.2 Å². The van der Waals surface area contributed by atoms with Gasteiger partial charge in [0.1, 0.15) is 0 Å². The van der Waals surface area contributed by atoms with E-state index in [4.69, 9.17) is 5.26 Å². The maximum atomic E-state index is 13.1. The molecule has 0 bridgehead atoms. The quantitative estimate of drug-likeness (QED) is 0.843. The van der Waals surface area contributed by atoms with Crippen LogP contribution in [-0.4, -0.2) is 35.9 Å². The van der Waals surface area contributed by atoms with E-state index in [9.17, 15) is 4.79 Å². The van der Waals surface area contributed by atoms with Crippen molar-refractivity contribution >= 4 is 11.6 Å². The lowest BCUT2D eigenvalue weighted by Gasteiger charge is -2.35. The number of hydrogen-bond donors (Lipinski definition) is 0. The minimum Gasteiger partial charge on any atom is -0.374 e. The first-order valence-electron chi connectivity index (χ1n) is 8.53. The van der Waals surface area contributed by atoms with E-state index in [1.54, 1.807) is 11.1 Å². The molecular weight excluding hydrogens is 312 g/mol. The summed E-state index contributed by atoms with van der Waals surface area (Å²) in [5.74, 6) is 0.00422. The van der Waals surface area contributed by atoms with Crippen molar-refractivity contribution in [2.45, 2.75) is 19.4 Å². The molecule has 1 unspecified atom stereocenters. The van der Waals surface area contributed by atoms with Crippen molar-refractivity contribution in [3.8, 4) is 6.07 Å². The van der Waals surface area contributed by atoms with Gasteiger partial charge in [0.05, 0.1) is 30.6 Å². The number of aromatic nitrogens is 1. The number of hydrogen-bond acceptors (Lipinski definition) is 4. The zero-order valence-electron chi connectivity index (χ0n) is 14.4. The minimum atomic E-state index is -0.0951. The lowest BCUT2D eigenvalue weighted by atomic mass is 9.91. The third kappa shape index (κ3) is 3.97. The van der Waals surface area contributed by atoms with Crippen LogP contribution in [0.4, 0.5) is 5.69 Å². The Labute approximate surface area is 148 Å². The molecule has 5 nitrogen and oxygen atoms in total. The third-order valence-corrected chi connectivity index (χ3v) is 4.60. The van der Waals surface area contributed by atoms with Gasteiger partial charge in [-0.3, -0.25) is 9.78 Å². The predicted molar refractivity (Wildman–Crippen MR) is 96.8 cm³/mol. The summed E-state index contributed by atoms with van der Waals surface area (Å²) in [4.78, 5) is 21.4. The van der Waals surface area contributed by atoms with Crippen LogP contribution in [0.15, 0.2) is 48.7 Å². The van der Waals surface area contributed by atoms with Crippen LogP contribution in [0.2, 0.25) is 0 Å². The molecule has 0 fully saturated rings. The van der Waals surface area contributed by atoms with Gasteiger partial charge < -0.3 is 9.80 Å². The summed E-state index contributed by atoms with van der Waals surface area (Å²) in [5, 5.41) is 8.93. The van der Waals surface area contributed by atoms with E-state index in [1.807, 2.05) is 37.4 Å². The van der Waals surface area contributed by atoms with Gasteiger partial charge in [-0.1, -0.05) is 24.3 Å². The smallest absolute Gasteiger partial charge is 0.228 e. The van der Waals surface area contributed by atoms with Crippen LogP contribution >= 0.6 is 0 Å². The number of nitrogens with zero attached hydrogens (tertiary/aromatic N) is 4. The molecule has 2 heterocycles. The molecule has 3 rings (SSSR count). The second-order valence-corrected chi connectivity index (χ2v) is 6.40. The third-order valence-electron chi connectivity index (χ3n) is 4.60. The van der Waals surface area contributed by atoms with Crippen LogP contribution in [0.1, 0.15) is 17.7 Å². The normalized spacial score (nSPS) is 16.0. The molecule has 1 atom stereocenters. The molecule has 1 aliphatic heterocycles. The maximum absolute atomic E-state index is 13.1. The molecule has 5 heteroatoms. The van der Waals surface area contributed by atoms with Gasteiger partial charge in [0.15, 0.2) is 0 Å². The first-order valence-corrected chi connectivity index (χ1v) is 8.53. The van der Waals surface area contributed by atoms with Crippen molar-refractivity contribution in [2.24, 2.45) is 5.92 Å². The molecule has 25 heavy (non-hydrogen) atoms. The van der Waals surface area contributed by atoms with E-state index in [-0.39, 0.29) is 11.8 Å². The molecule has 0 radical (unpaired) electrons. The lowest BCUT2D eigenvalue weighted by molar-refractivity contribution is -0.136. The number of para-hydroxylation sites is 1. The summed E-state index contributed by atoms with van der Waals surface area (Å²) in [6, 6.07) is 16.1. The Morgan fingerprint density at radius 1 is 1.32 bits per heavy atom. The molecule has 1 aromatic carbocycles. The van der Waals surface area contributed by atoms with Gasteiger partial charge in [0.2, 0.25) is 5.91 Å². The highest BCUT2D eigenvalue weighted by Crippen LogP contribution is 2.29. The highest BCUT2D eigenvalue weighted by Gasteiger charge is 2.30. The summed E-state index contributed by atoms with van der Waals surface area (Å²) >= 11 is 0. The zero-order valence-corrected chi connectivity index (χ0v) is 14.4. The zero-order chi connectivity index (χ0) is 17.6. The van der Waals surface area contributed by atoms with Gasteiger partial charge in [0.25, 0.3) is 0 Å². The molecule has 1 aliphatic rings. The fraction of sp³-hybridized carbons (Fsp3) is 0.350. The van der Waals surface area contributed by atoms with Gasteiger partial charge in [-0.05, 0) is 30.2 Å². The molecular formula is C20H22N4O. The molecule has 0 aliphatic carbocycles. The van der Waals surface area contributed by atoms with E-state index in [0.717, 1.165) is 12.1 Å². The molecule has 0 N–H and O–H groups in total. The van der Waals surface area contributed by atoms with E-state index in [2.05, 4.69) is 28.1 Å². The lowest BCUT2D eigenvalue weighted by Crippen LogP contribution is -2.44. The average Bonchev–Trinajstić information content (AvgIpc) is 2.65. The second kappa shape index (κ2) is 7.80. The number of carbonyl (C=O) groups excluding carboxylic acids is 1. The van der Waals surface area contributed by atoms with Crippen molar-refractivity contribution in [1.29, 1.82) is 5.26 Å². The molecule has 128 valence electrons. The van der Waals surface area contributed by atoms with Crippen molar-refractivity contribution in [3.05, 3.63) is 59.9 Å². The number of pyridine rings is 1. The van der Waals surface area contributed by atoms with E-state index >= 15 is 0 Å². The van der Waals surface area contributed by atoms with Gasteiger partial charge in [0, 0.05) is 32.0 Å². The Morgan fingerprint density at radius 2 is 2.12 bits per heavy atom. The molecule has 0 saturated carbocycles. The highest BCUT2D eigenvalue weighted by atomic mass is 16.2. The fourth-order valence-electron chi connectivity index (χ4n) is 3.38. The van der Waals surface area contributed by atoms with Crippen molar-refractivity contribution in [2.75, 3.05) is 25.0 Å². The number of fused-ring (bicyclic) bond motifs is 1. The van der Waals surface area contributed by atoms with Crippen molar-refractivity contribution in [3.63, 3.8) is 0 Å². The van der Waals surface area contributed by atoms with E-state index in [1.165, 1.54) is 11.3 Å². The summed E-state index contributed by atoms with van der Waals surface area (Å²) < 4.78 is 0. The second-order valence-electron chi connectivity index (χ2n) is 6.40. The van der Waals surface area contributed by atoms with Gasteiger partial charge in [-0.15, -0.1) is 0 Å². The van der Waals surface area contributed by atoms with Crippen LogP contribution in [0.5, 0.6) is 0 Å². The average molecular weight is 334 g/mol. The Kier molecular flexibility index (Phi) is 5.30.